The quantitative estimate of drug-likeness (QED) is 0.727. The summed E-state index contributed by atoms with van der Waals surface area (Å²) in [5, 5.41) is 13.2. The summed E-state index contributed by atoms with van der Waals surface area (Å²) in [5.41, 5.74) is 2.44. The minimum Gasteiger partial charge on any atom is -0.256 e. The average Bonchev–Trinajstić information content (AvgIpc) is 2.61. The maximum atomic E-state index is 8.94. The van der Waals surface area contributed by atoms with Gasteiger partial charge in [-0.05, 0) is 13.0 Å². The van der Waals surface area contributed by atoms with E-state index in [1.165, 1.54) is 0 Å². The zero-order valence-corrected chi connectivity index (χ0v) is 8.94. The number of nitrogens with zero attached hydrogens (tertiary/aromatic N) is 4. The minimum atomic E-state index is -0.383. The molecule has 1 unspecified atom stereocenters. The van der Waals surface area contributed by atoms with Crippen LogP contribution in [0, 0.1) is 18.3 Å². The molecule has 0 amide bonds. The van der Waals surface area contributed by atoms with E-state index < -0.39 is 0 Å². The SMILES string of the molecule is Cc1cc2c(C(C#N)CCl)nccn2n1. The van der Waals surface area contributed by atoms with Crippen LogP contribution in [-0.4, -0.2) is 20.5 Å². The van der Waals surface area contributed by atoms with E-state index in [2.05, 4.69) is 16.2 Å². The summed E-state index contributed by atoms with van der Waals surface area (Å²) in [4.78, 5) is 4.19. The normalized spacial score (nSPS) is 12.6. The monoisotopic (exact) mass is 220 g/mol. The van der Waals surface area contributed by atoms with Gasteiger partial charge in [-0.1, -0.05) is 0 Å². The largest absolute Gasteiger partial charge is 0.256 e. The molecule has 5 heteroatoms. The van der Waals surface area contributed by atoms with E-state index in [9.17, 15) is 0 Å². The van der Waals surface area contributed by atoms with Crippen LogP contribution in [0.1, 0.15) is 17.3 Å². The number of rotatable bonds is 2. The Morgan fingerprint density at radius 3 is 3.13 bits per heavy atom. The van der Waals surface area contributed by atoms with Gasteiger partial charge in [-0.25, -0.2) is 4.52 Å². The molecule has 0 aliphatic rings. The Labute approximate surface area is 92.1 Å². The van der Waals surface area contributed by atoms with Gasteiger partial charge < -0.3 is 0 Å². The van der Waals surface area contributed by atoms with Crippen LogP contribution >= 0.6 is 11.6 Å². The van der Waals surface area contributed by atoms with Crippen LogP contribution in [0.15, 0.2) is 18.5 Å². The van der Waals surface area contributed by atoms with Crippen LogP contribution < -0.4 is 0 Å². The highest BCUT2D eigenvalue weighted by Crippen LogP contribution is 2.19. The number of hydrogen-bond donors (Lipinski definition) is 0. The summed E-state index contributed by atoms with van der Waals surface area (Å²) < 4.78 is 1.72. The van der Waals surface area contributed by atoms with Gasteiger partial charge in [-0.15, -0.1) is 11.6 Å². The lowest BCUT2D eigenvalue weighted by atomic mass is 10.1. The van der Waals surface area contributed by atoms with Crippen molar-refractivity contribution in [2.24, 2.45) is 0 Å². The van der Waals surface area contributed by atoms with E-state index in [-0.39, 0.29) is 11.8 Å². The van der Waals surface area contributed by atoms with E-state index in [0.29, 0.717) is 5.69 Å². The van der Waals surface area contributed by atoms with Crippen LogP contribution in [0.3, 0.4) is 0 Å². The van der Waals surface area contributed by atoms with Crippen molar-refractivity contribution in [3.8, 4) is 6.07 Å². The first-order valence-electron chi connectivity index (χ1n) is 4.52. The summed E-state index contributed by atoms with van der Waals surface area (Å²) in [7, 11) is 0. The number of aryl methyl sites for hydroxylation is 1. The lowest BCUT2D eigenvalue weighted by molar-refractivity contribution is 0.870. The van der Waals surface area contributed by atoms with Crippen molar-refractivity contribution in [3.63, 3.8) is 0 Å². The number of aromatic nitrogens is 3. The second kappa shape index (κ2) is 3.87. The zero-order valence-electron chi connectivity index (χ0n) is 8.18. The number of nitriles is 1. The third-order valence-electron chi connectivity index (χ3n) is 2.18. The molecule has 0 aliphatic carbocycles. The molecule has 0 saturated heterocycles. The van der Waals surface area contributed by atoms with Crippen molar-refractivity contribution in [2.45, 2.75) is 12.8 Å². The first kappa shape index (κ1) is 9.94. The van der Waals surface area contributed by atoms with Crippen molar-refractivity contribution in [2.75, 3.05) is 5.88 Å². The van der Waals surface area contributed by atoms with Crippen LogP contribution in [0.5, 0.6) is 0 Å². The maximum absolute atomic E-state index is 8.94. The molecule has 1 atom stereocenters. The molecule has 0 aromatic carbocycles. The zero-order chi connectivity index (χ0) is 10.8. The van der Waals surface area contributed by atoms with E-state index in [1.807, 2.05) is 13.0 Å². The Bertz CT molecular complexity index is 526. The van der Waals surface area contributed by atoms with Crippen LogP contribution in [-0.2, 0) is 0 Å². The Balaban J connectivity index is 2.65. The summed E-state index contributed by atoms with van der Waals surface area (Å²) >= 11 is 5.72. The fourth-order valence-corrected chi connectivity index (χ4v) is 1.72. The summed E-state index contributed by atoms with van der Waals surface area (Å²) in [5.74, 6) is -0.139. The highest BCUT2D eigenvalue weighted by Gasteiger charge is 2.15. The van der Waals surface area contributed by atoms with Crippen LogP contribution in [0.4, 0.5) is 0 Å². The van der Waals surface area contributed by atoms with Gasteiger partial charge >= 0.3 is 0 Å². The van der Waals surface area contributed by atoms with Gasteiger partial charge in [-0.3, -0.25) is 4.98 Å². The third-order valence-corrected chi connectivity index (χ3v) is 2.49. The molecule has 0 bridgehead atoms. The maximum Gasteiger partial charge on any atom is 0.104 e. The highest BCUT2D eigenvalue weighted by molar-refractivity contribution is 6.18. The number of hydrogen-bond acceptors (Lipinski definition) is 3. The lowest BCUT2D eigenvalue weighted by Gasteiger charge is -2.05. The van der Waals surface area contributed by atoms with Crippen molar-refractivity contribution in [1.29, 1.82) is 5.26 Å². The summed E-state index contributed by atoms with van der Waals surface area (Å²) in [6.07, 6.45) is 3.39. The predicted octanol–water partition coefficient (Wildman–Crippen LogP) is 1.88. The van der Waals surface area contributed by atoms with Crippen molar-refractivity contribution in [3.05, 3.63) is 29.8 Å². The Morgan fingerprint density at radius 2 is 2.47 bits per heavy atom. The first-order valence-corrected chi connectivity index (χ1v) is 5.06. The topological polar surface area (TPSA) is 54.0 Å². The molecule has 76 valence electrons. The van der Waals surface area contributed by atoms with Gasteiger partial charge in [0.1, 0.15) is 5.92 Å². The third kappa shape index (κ3) is 1.66. The number of halogens is 1. The standard InChI is InChI=1S/C10H9ClN4/c1-7-4-9-10(8(5-11)6-12)13-2-3-15(9)14-7/h2-4,8H,5H2,1H3. The Kier molecular flexibility index (Phi) is 2.57. The van der Waals surface area contributed by atoms with Crippen LogP contribution in [0.2, 0.25) is 0 Å². The van der Waals surface area contributed by atoms with Crippen LogP contribution in [0.25, 0.3) is 5.52 Å². The number of alkyl halides is 1. The average molecular weight is 221 g/mol. The summed E-state index contributed by atoms with van der Waals surface area (Å²) in [6.45, 7) is 1.90. The molecular weight excluding hydrogens is 212 g/mol. The second-order valence-corrected chi connectivity index (χ2v) is 3.57. The van der Waals surface area contributed by atoms with E-state index in [1.54, 1.807) is 16.9 Å². The summed E-state index contributed by atoms with van der Waals surface area (Å²) in [6, 6.07) is 4.04. The van der Waals surface area contributed by atoms with Gasteiger partial charge in [0.15, 0.2) is 0 Å². The smallest absolute Gasteiger partial charge is 0.104 e. The van der Waals surface area contributed by atoms with E-state index in [4.69, 9.17) is 16.9 Å². The van der Waals surface area contributed by atoms with Gasteiger partial charge in [0.05, 0.1) is 23.0 Å². The van der Waals surface area contributed by atoms with Gasteiger partial charge in [0.2, 0.25) is 0 Å². The van der Waals surface area contributed by atoms with Crippen molar-refractivity contribution in [1.82, 2.24) is 14.6 Å². The van der Waals surface area contributed by atoms with Crippen molar-refractivity contribution >= 4 is 17.1 Å². The first-order chi connectivity index (χ1) is 7.26. The molecule has 0 saturated carbocycles. The minimum absolute atomic E-state index is 0.243. The second-order valence-electron chi connectivity index (χ2n) is 3.26. The molecule has 0 N–H and O–H groups in total. The molecule has 0 radical (unpaired) electrons. The molecule has 0 spiro atoms. The molecule has 4 nitrogen and oxygen atoms in total. The molecule has 15 heavy (non-hydrogen) atoms. The molecule has 2 aromatic rings. The predicted molar refractivity (Wildman–Crippen MR) is 56.8 cm³/mol. The fourth-order valence-electron chi connectivity index (χ4n) is 1.50. The van der Waals surface area contributed by atoms with Gasteiger partial charge in [0.25, 0.3) is 0 Å². The molecule has 2 heterocycles. The lowest BCUT2D eigenvalue weighted by Crippen LogP contribution is -2.03. The Morgan fingerprint density at radius 1 is 1.67 bits per heavy atom. The Hall–Kier alpha value is -1.60. The fraction of sp³-hybridized carbons (Fsp3) is 0.300. The van der Waals surface area contributed by atoms with E-state index >= 15 is 0 Å². The molecular formula is C10H9ClN4. The van der Waals surface area contributed by atoms with E-state index in [0.717, 1.165) is 11.2 Å². The molecule has 2 aromatic heterocycles. The van der Waals surface area contributed by atoms with Gasteiger partial charge in [0, 0.05) is 18.3 Å². The molecule has 0 fully saturated rings. The molecule has 2 rings (SSSR count). The van der Waals surface area contributed by atoms with Crippen molar-refractivity contribution < 1.29 is 0 Å². The highest BCUT2D eigenvalue weighted by atomic mass is 35.5. The van der Waals surface area contributed by atoms with Gasteiger partial charge in [-0.2, -0.15) is 10.4 Å². The number of fused-ring (bicyclic) bond motifs is 1. The molecule has 0 aliphatic heterocycles.